The standard InChI is InChI=1S/C17H18N6O/c18-6-4-14(12-2-1-3-15(12)24)23-9-11(8-22-23)16-17-13(5-7-19-17)20-10-21-16/h7-10,12,14-15,24H,1-5H2. The van der Waals surface area contributed by atoms with E-state index in [0.29, 0.717) is 6.42 Å². The molecule has 4 rings (SSSR count). The van der Waals surface area contributed by atoms with Crippen LogP contribution in [0.1, 0.15) is 37.4 Å². The molecule has 0 amide bonds. The Labute approximate surface area is 139 Å². The van der Waals surface area contributed by atoms with Crippen LogP contribution in [0.3, 0.4) is 0 Å². The summed E-state index contributed by atoms with van der Waals surface area (Å²) in [7, 11) is 0. The van der Waals surface area contributed by atoms with Gasteiger partial charge in [-0.05, 0) is 12.8 Å². The molecule has 0 bridgehead atoms. The molecule has 0 aromatic carbocycles. The number of aliphatic hydroxyl groups is 1. The van der Waals surface area contributed by atoms with Crippen LogP contribution in [0, 0.1) is 17.2 Å². The highest BCUT2D eigenvalue weighted by molar-refractivity contribution is 5.83. The van der Waals surface area contributed by atoms with Crippen LogP contribution in [-0.2, 0) is 6.42 Å². The van der Waals surface area contributed by atoms with Crippen molar-refractivity contribution in [3.8, 4) is 17.3 Å². The third kappa shape index (κ3) is 2.49. The van der Waals surface area contributed by atoms with Crippen molar-refractivity contribution < 1.29 is 5.11 Å². The quantitative estimate of drug-likeness (QED) is 0.930. The van der Waals surface area contributed by atoms with Crippen molar-refractivity contribution in [1.29, 1.82) is 5.26 Å². The molecule has 0 saturated heterocycles. The van der Waals surface area contributed by atoms with E-state index in [1.807, 2.05) is 17.1 Å². The highest BCUT2D eigenvalue weighted by Gasteiger charge is 2.34. The second-order valence-electron chi connectivity index (χ2n) is 6.33. The van der Waals surface area contributed by atoms with Crippen molar-refractivity contribution in [2.24, 2.45) is 10.9 Å². The molecule has 1 N–H and O–H groups in total. The molecule has 7 nitrogen and oxygen atoms in total. The molecule has 1 aliphatic heterocycles. The van der Waals surface area contributed by atoms with E-state index in [9.17, 15) is 10.4 Å². The average molecular weight is 322 g/mol. The molecule has 7 heteroatoms. The summed E-state index contributed by atoms with van der Waals surface area (Å²) in [6.45, 7) is 0. The Morgan fingerprint density at radius 1 is 1.38 bits per heavy atom. The van der Waals surface area contributed by atoms with E-state index < -0.39 is 0 Å². The molecule has 1 fully saturated rings. The Hall–Kier alpha value is -2.59. The number of hydrogen-bond acceptors (Lipinski definition) is 6. The Morgan fingerprint density at radius 2 is 2.29 bits per heavy atom. The molecular formula is C17H18N6O. The molecule has 2 aliphatic rings. The van der Waals surface area contributed by atoms with Crippen LogP contribution in [-0.4, -0.2) is 37.2 Å². The normalized spacial score (nSPS) is 23.2. The topological polar surface area (TPSA) is 100.0 Å². The van der Waals surface area contributed by atoms with Gasteiger partial charge in [0.1, 0.15) is 17.7 Å². The third-order valence-corrected chi connectivity index (χ3v) is 4.94. The molecule has 3 unspecified atom stereocenters. The van der Waals surface area contributed by atoms with Gasteiger partial charge in [-0.25, -0.2) is 9.97 Å². The number of aromatic nitrogens is 4. The van der Waals surface area contributed by atoms with Crippen molar-refractivity contribution in [2.45, 2.75) is 44.2 Å². The minimum Gasteiger partial charge on any atom is -0.393 e. The fourth-order valence-electron chi connectivity index (χ4n) is 3.73. The van der Waals surface area contributed by atoms with Gasteiger partial charge in [0.2, 0.25) is 0 Å². The first-order valence-electron chi connectivity index (χ1n) is 8.24. The molecule has 2 aromatic rings. The zero-order chi connectivity index (χ0) is 16.5. The van der Waals surface area contributed by atoms with Gasteiger partial charge in [0.15, 0.2) is 0 Å². The lowest BCUT2D eigenvalue weighted by Gasteiger charge is -2.24. The lowest BCUT2D eigenvalue weighted by atomic mass is 9.94. The number of nitrogens with zero attached hydrogens (tertiary/aromatic N) is 6. The van der Waals surface area contributed by atoms with Gasteiger partial charge in [0, 0.05) is 30.3 Å². The smallest absolute Gasteiger partial charge is 0.116 e. The van der Waals surface area contributed by atoms with Crippen molar-refractivity contribution in [3.05, 3.63) is 24.4 Å². The first-order valence-corrected chi connectivity index (χ1v) is 8.24. The Kier molecular flexibility index (Phi) is 3.82. The summed E-state index contributed by atoms with van der Waals surface area (Å²) in [5.41, 5.74) is 3.35. The molecular weight excluding hydrogens is 304 g/mol. The second kappa shape index (κ2) is 6.13. The Bertz CT molecular complexity index is 821. The van der Waals surface area contributed by atoms with Crippen LogP contribution in [0.4, 0.5) is 5.69 Å². The SMILES string of the molecule is N#CCC(C1CCCC1O)n1cc(-c2ncnc3c2N=CC3)cn1. The van der Waals surface area contributed by atoms with Crippen LogP contribution in [0.5, 0.6) is 0 Å². The maximum absolute atomic E-state index is 10.2. The molecule has 24 heavy (non-hydrogen) atoms. The summed E-state index contributed by atoms with van der Waals surface area (Å²) >= 11 is 0. The first kappa shape index (κ1) is 15.0. The van der Waals surface area contributed by atoms with E-state index in [4.69, 9.17) is 0 Å². The first-order chi connectivity index (χ1) is 11.8. The monoisotopic (exact) mass is 322 g/mol. The van der Waals surface area contributed by atoms with Gasteiger partial charge >= 0.3 is 0 Å². The summed E-state index contributed by atoms with van der Waals surface area (Å²) in [6.07, 6.45) is 10.5. The molecule has 0 spiro atoms. The minimum atomic E-state index is -0.358. The van der Waals surface area contributed by atoms with E-state index >= 15 is 0 Å². The number of fused-ring (bicyclic) bond motifs is 1. The van der Waals surface area contributed by atoms with Crippen LogP contribution < -0.4 is 0 Å². The van der Waals surface area contributed by atoms with Crippen molar-refractivity contribution in [3.63, 3.8) is 0 Å². The number of aliphatic imine (C=N–C) groups is 1. The maximum Gasteiger partial charge on any atom is 0.116 e. The molecule has 1 saturated carbocycles. The van der Waals surface area contributed by atoms with E-state index in [1.165, 1.54) is 0 Å². The summed E-state index contributed by atoms with van der Waals surface area (Å²) < 4.78 is 1.81. The van der Waals surface area contributed by atoms with Crippen molar-refractivity contribution in [2.75, 3.05) is 0 Å². The van der Waals surface area contributed by atoms with Crippen LogP contribution in [0.15, 0.2) is 23.7 Å². The van der Waals surface area contributed by atoms with Crippen molar-refractivity contribution >= 4 is 11.9 Å². The fraction of sp³-hybridized carbons (Fsp3) is 0.471. The summed E-state index contributed by atoms with van der Waals surface area (Å²) in [6, 6.07) is 2.12. The van der Waals surface area contributed by atoms with E-state index in [-0.39, 0.29) is 18.1 Å². The largest absolute Gasteiger partial charge is 0.393 e. The van der Waals surface area contributed by atoms with Gasteiger partial charge in [0.25, 0.3) is 0 Å². The van der Waals surface area contributed by atoms with Crippen molar-refractivity contribution in [1.82, 2.24) is 19.7 Å². The van der Waals surface area contributed by atoms with Gasteiger partial charge in [-0.3, -0.25) is 9.67 Å². The van der Waals surface area contributed by atoms with Crippen LogP contribution >= 0.6 is 0 Å². The summed E-state index contributed by atoms with van der Waals surface area (Å²) in [5.74, 6) is 0.0755. The Balaban J connectivity index is 1.68. The third-order valence-electron chi connectivity index (χ3n) is 4.94. The highest BCUT2D eigenvalue weighted by atomic mass is 16.3. The van der Waals surface area contributed by atoms with Gasteiger partial charge in [-0.1, -0.05) is 6.42 Å². The van der Waals surface area contributed by atoms with Crippen LogP contribution in [0.25, 0.3) is 11.3 Å². The van der Waals surface area contributed by atoms with Gasteiger partial charge < -0.3 is 5.11 Å². The Morgan fingerprint density at radius 3 is 3.08 bits per heavy atom. The molecule has 3 atom stereocenters. The number of rotatable bonds is 4. The number of hydrogen-bond donors (Lipinski definition) is 1. The molecule has 2 aromatic heterocycles. The zero-order valence-electron chi connectivity index (χ0n) is 13.2. The molecule has 122 valence electrons. The predicted octanol–water partition coefficient (Wildman–Crippen LogP) is 2.21. The molecule has 0 radical (unpaired) electrons. The lowest BCUT2D eigenvalue weighted by Crippen LogP contribution is -2.26. The van der Waals surface area contributed by atoms with E-state index in [0.717, 1.165) is 48.3 Å². The highest BCUT2D eigenvalue weighted by Crippen LogP contribution is 2.38. The van der Waals surface area contributed by atoms with Crippen LogP contribution in [0.2, 0.25) is 0 Å². The van der Waals surface area contributed by atoms with Gasteiger partial charge in [-0.15, -0.1) is 0 Å². The fourth-order valence-corrected chi connectivity index (χ4v) is 3.73. The summed E-state index contributed by atoms with van der Waals surface area (Å²) in [4.78, 5) is 13.0. The van der Waals surface area contributed by atoms with E-state index in [1.54, 1.807) is 12.5 Å². The summed E-state index contributed by atoms with van der Waals surface area (Å²) in [5, 5.41) is 23.8. The molecule has 1 aliphatic carbocycles. The zero-order valence-corrected chi connectivity index (χ0v) is 13.2. The number of aliphatic hydroxyl groups excluding tert-OH is 1. The minimum absolute atomic E-state index is 0.0755. The predicted molar refractivity (Wildman–Crippen MR) is 87.7 cm³/mol. The lowest BCUT2D eigenvalue weighted by molar-refractivity contribution is 0.0977. The van der Waals surface area contributed by atoms with E-state index in [2.05, 4.69) is 26.1 Å². The average Bonchev–Trinajstić information content (AvgIpc) is 3.32. The maximum atomic E-state index is 10.2. The van der Waals surface area contributed by atoms with Gasteiger partial charge in [-0.2, -0.15) is 10.4 Å². The van der Waals surface area contributed by atoms with Gasteiger partial charge in [0.05, 0.1) is 36.5 Å². The number of nitriles is 1. The molecule has 3 heterocycles. The second-order valence-corrected chi connectivity index (χ2v) is 6.33.